The van der Waals surface area contributed by atoms with E-state index in [-0.39, 0.29) is 16.9 Å². The van der Waals surface area contributed by atoms with Gasteiger partial charge in [0.1, 0.15) is 11.9 Å². The lowest BCUT2D eigenvalue weighted by atomic mass is 9.73. The number of benzene rings is 2. The van der Waals surface area contributed by atoms with Gasteiger partial charge in [0, 0.05) is 18.5 Å². The summed E-state index contributed by atoms with van der Waals surface area (Å²) in [5, 5.41) is 3.04. The molecular weight excluding hydrogens is 388 g/mol. The van der Waals surface area contributed by atoms with E-state index in [0.717, 1.165) is 43.7 Å². The lowest BCUT2D eigenvalue weighted by molar-refractivity contribution is -0.122. The number of nitrogens with zero attached hydrogens (tertiary/aromatic N) is 1. The molecule has 0 bridgehead atoms. The maximum Gasteiger partial charge on any atom is 0.235 e. The minimum Gasteiger partial charge on any atom is -0.489 e. The van der Waals surface area contributed by atoms with Crippen LogP contribution in [0.2, 0.25) is 0 Å². The minimum atomic E-state index is -3.20. The van der Waals surface area contributed by atoms with Crippen LogP contribution in [0.4, 0.5) is 5.69 Å². The van der Waals surface area contributed by atoms with E-state index in [1.165, 1.54) is 6.26 Å². The van der Waals surface area contributed by atoms with Crippen LogP contribution in [0.25, 0.3) is 0 Å². The van der Waals surface area contributed by atoms with Crippen molar-refractivity contribution < 1.29 is 17.9 Å². The van der Waals surface area contributed by atoms with Gasteiger partial charge >= 0.3 is 0 Å². The SMILES string of the molecule is CC(CN1CCC2(CC1)C(=O)Nc1ccccc12)Oc1ccc(S(C)(=O)=O)cc1. The van der Waals surface area contributed by atoms with E-state index < -0.39 is 15.3 Å². The van der Waals surface area contributed by atoms with Crippen LogP contribution in [-0.4, -0.2) is 51.2 Å². The molecule has 29 heavy (non-hydrogen) atoms. The molecular formula is C22H26N2O4S. The van der Waals surface area contributed by atoms with Crippen LogP contribution in [0.5, 0.6) is 5.75 Å². The summed E-state index contributed by atoms with van der Waals surface area (Å²) in [4.78, 5) is 15.3. The summed E-state index contributed by atoms with van der Waals surface area (Å²) in [5.41, 5.74) is 1.67. The molecule has 1 unspecified atom stereocenters. The number of likely N-dealkylation sites (tertiary alicyclic amines) is 1. The van der Waals surface area contributed by atoms with Gasteiger partial charge in [-0.1, -0.05) is 18.2 Å². The van der Waals surface area contributed by atoms with Crippen molar-refractivity contribution in [2.24, 2.45) is 0 Å². The highest BCUT2D eigenvalue weighted by molar-refractivity contribution is 7.90. The van der Waals surface area contributed by atoms with E-state index >= 15 is 0 Å². The van der Waals surface area contributed by atoms with E-state index in [4.69, 9.17) is 4.74 Å². The Balaban J connectivity index is 1.35. The summed E-state index contributed by atoms with van der Waals surface area (Å²) in [6, 6.07) is 14.5. The number of fused-ring (bicyclic) bond motifs is 2. The number of amides is 1. The van der Waals surface area contributed by atoms with Crippen molar-refractivity contribution in [1.82, 2.24) is 4.90 Å². The number of sulfone groups is 1. The van der Waals surface area contributed by atoms with Crippen molar-refractivity contribution in [2.75, 3.05) is 31.2 Å². The Hall–Kier alpha value is -2.38. The third-order valence-corrected chi connectivity index (χ3v) is 7.07. The Labute approximate surface area is 171 Å². The zero-order chi connectivity index (χ0) is 20.6. The largest absolute Gasteiger partial charge is 0.489 e. The Kier molecular flexibility index (Phi) is 5.12. The smallest absolute Gasteiger partial charge is 0.235 e. The number of carbonyl (C=O) groups is 1. The molecule has 1 amide bonds. The zero-order valence-corrected chi connectivity index (χ0v) is 17.5. The number of nitrogens with one attached hydrogen (secondary N) is 1. The van der Waals surface area contributed by atoms with E-state index in [9.17, 15) is 13.2 Å². The molecule has 2 aliphatic rings. The van der Waals surface area contributed by atoms with Crippen LogP contribution < -0.4 is 10.1 Å². The fourth-order valence-corrected chi connectivity index (χ4v) is 5.02. The second kappa shape index (κ2) is 7.46. The molecule has 0 aliphatic carbocycles. The molecule has 6 nitrogen and oxygen atoms in total. The molecule has 0 aromatic heterocycles. The second-order valence-electron chi connectivity index (χ2n) is 8.05. The van der Waals surface area contributed by atoms with Gasteiger partial charge in [0.2, 0.25) is 5.91 Å². The van der Waals surface area contributed by atoms with Gasteiger partial charge in [0.05, 0.1) is 10.3 Å². The summed E-state index contributed by atoms with van der Waals surface area (Å²) in [6.07, 6.45) is 2.74. The quantitative estimate of drug-likeness (QED) is 0.814. The molecule has 0 radical (unpaired) electrons. The highest BCUT2D eigenvalue weighted by Crippen LogP contribution is 2.44. The number of hydrogen-bond acceptors (Lipinski definition) is 5. The summed E-state index contributed by atoms with van der Waals surface area (Å²) in [6.45, 7) is 4.44. The van der Waals surface area contributed by atoms with E-state index in [0.29, 0.717) is 5.75 Å². The molecule has 2 aliphatic heterocycles. The van der Waals surface area contributed by atoms with Crippen molar-refractivity contribution in [1.29, 1.82) is 0 Å². The molecule has 0 saturated carbocycles. The Morgan fingerprint density at radius 2 is 1.76 bits per heavy atom. The molecule has 1 saturated heterocycles. The summed E-state index contributed by atoms with van der Waals surface area (Å²) in [7, 11) is -3.20. The average Bonchev–Trinajstić information content (AvgIpc) is 2.95. The number of carbonyl (C=O) groups excluding carboxylic acids is 1. The maximum atomic E-state index is 12.7. The number of rotatable bonds is 5. The predicted molar refractivity (Wildman–Crippen MR) is 112 cm³/mol. The highest BCUT2D eigenvalue weighted by atomic mass is 32.2. The average molecular weight is 415 g/mol. The summed E-state index contributed by atoms with van der Waals surface area (Å²) in [5.74, 6) is 0.774. The Bertz CT molecular complexity index is 1010. The third kappa shape index (κ3) is 3.89. The Morgan fingerprint density at radius 1 is 1.10 bits per heavy atom. The summed E-state index contributed by atoms with van der Waals surface area (Å²) >= 11 is 0. The van der Waals surface area contributed by atoms with Crippen LogP contribution >= 0.6 is 0 Å². The first kappa shape index (κ1) is 19.9. The van der Waals surface area contributed by atoms with Gasteiger partial charge in [0.25, 0.3) is 0 Å². The van der Waals surface area contributed by atoms with Gasteiger partial charge in [-0.25, -0.2) is 8.42 Å². The molecule has 1 fully saturated rings. The van der Waals surface area contributed by atoms with Gasteiger partial charge in [-0.3, -0.25) is 9.69 Å². The maximum absolute atomic E-state index is 12.7. The lowest BCUT2D eigenvalue weighted by Crippen LogP contribution is -2.48. The van der Waals surface area contributed by atoms with Gasteiger partial charge < -0.3 is 10.1 Å². The molecule has 2 heterocycles. The zero-order valence-electron chi connectivity index (χ0n) is 16.7. The number of piperidine rings is 1. The molecule has 154 valence electrons. The fourth-order valence-electron chi connectivity index (χ4n) is 4.39. The molecule has 4 rings (SSSR count). The van der Waals surface area contributed by atoms with Crippen LogP contribution in [-0.2, 0) is 20.0 Å². The Morgan fingerprint density at radius 3 is 2.41 bits per heavy atom. The van der Waals surface area contributed by atoms with Gasteiger partial charge in [-0.2, -0.15) is 0 Å². The van der Waals surface area contributed by atoms with Crippen molar-refractivity contribution in [3.05, 3.63) is 54.1 Å². The van der Waals surface area contributed by atoms with Gasteiger partial charge in [-0.05, 0) is 68.8 Å². The number of para-hydroxylation sites is 1. The summed E-state index contributed by atoms with van der Waals surface area (Å²) < 4.78 is 29.1. The first-order valence-corrected chi connectivity index (χ1v) is 11.8. The minimum absolute atomic E-state index is 0.0437. The first-order valence-electron chi connectivity index (χ1n) is 9.88. The molecule has 2 aromatic rings. The molecule has 2 aromatic carbocycles. The van der Waals surface area contributed by atoms with Crippen molar-refractivity contribution in [3.8, 4) is 5.75 Å². The molecule has 1 atom stereocenters. The first-order chi connectivity index (χ1) is 13.8. The number of hydrogen-bond donors (Lipinski definition) is 1. The van der Waals surface area contributed by atoms with E-state index in [1.54, 1.807) is 24.3 Å². The number of anilines is 1. The van der Waals surface area contributed by atoms with Crippen molar-refractivity contribution in [3.63, 3.8) is 0 Å². The monoisotopic (exact) mass is 414 g/mol. The normalized spacial score (nSPS) is 19.6. The third-order valence-electron chi connectivity index (χ3n) is 5.94. The molecule has 7 heteroatoms. The van der Waals surface area contributed by atoms with Crippen molar-refractivity contribution in [2.45, 2.75) is 36.2 Å². The van der Waals surface area contributed by atoms with Crippen LogP contribution in [0.3, 0.4) is 0 Å². The fraction of sp³-hybridized carbons (Fsp3) is 0.409. The van der Waals surface area contributed by atoms with E-state index in [2.05, 4.69) is 16.3 Å². The molecule has 1 N–H and O–H groups in total. The van der Waals surface area contributed by atoms with Gasteiger partial charge in [0.15, 0.2) is 9.84 Å². The van der Waals surface area contributed by atoms with Gasteiger partial charge in [-0.15, -0.1) is 0 Å². The second-order valence-corrected chi connectivity index (χ2v) is 10.1. The standard InChI is InChI=1S/C22H26N2O4S/c1-16(28-17-7-9-18(10-8-17)29(2,26)27)15-24-13-11-22(12-14-24)19-5-3-4-6-20(19)23-21(22)25/h3-10,16H,11-15H2,1-2H3,(H,23,25). The topological polar surface area (TPSA) is 75.7 Å². The van der Waals surface area contributed by atoms with Crippen LogP contribution in [0.15, 0.2) is 53.4 Å². The lowest BCUT2D eigenvalue weighted by Gasteiger charge is -2.38. The molecule has 1 spiro atoms. The predicted octanol–water partition coefficient (Wildman–Crippen LogP) is 2.84. The van der Waals surface area contributed by atoms with Crippen molar-refractivity contribution >= 4 is 21.4 Å². The number of ether oxygens (including phenoxy) is 1. The highest BCUT2D eigenvalue weighted by Gasteiger charge is 2.48. The van der Waals surface area contributed by atoms with E-state index in [1.807, 2.05) is 25.1 Å². The van der Waals surface area contributed by atoms with Crippen LogP contribution in [0.1, 0.15) is 25.3 Å². The van der Waals surface area contributed by atoms with Crippen LogP contribution in [0, 0.1) is 0 Å².